The van der Waals surface area contributed by atoms with E-state index in [1.807, 2.05) is 6.92 Å². The Morgan fingerprint density at radius 1 is 1.33 bits per heavy atom. The monoisotopic (exact) mass is 253 g/mol. The minimum Gasteiger partial charge on any atom is -0.379 e. The maximum atomic E-state index is 6.13. The Balaban J connectivity index is 2.07. The lowest BCUT2D eigenvalue weighted by atomic mass is 9.97. The van der Waals surface area contributed by atoms with Gasteiger partial charge in [-0.1, -0.05) is 25.7 Å². The fourth-order valence-electron chi connectivity index (χ4n) is 3.26. The van der Waals surface area contributed by atoms with Crippen molar-refractivity contribution in [1.82, 2.24) is 4.90 Å². The van der Waals surface area contributed by atoms with Gasteiger partial charge >= 0.3 is 0 Å². The van der Waals surface area contributed by atoms with Crippen LogP contribution in [0.2, 0.25) is 0 Å². The van der Waals surface area contributed by atoms with Crippen LogP contribution < -0.4 is 5.73 Å². The van der Waals surface area contributed by atoms with Crippen LogP contribution in [0, 0.1) is 0 Å². The quantitative estimate of drug-likeness (QED) is 0.781. The van der Waals surface area contributed by atoms with E-state index in [2.05, 4.69) is 16.8 Å². The minimum absolute atomic E-state index is 0.0326. The van der Waals surface area contributed by atoms with Gasteiger partial charge in [-0.15, -0.1) is 0 Å². The summed E-state index contributed by atoms with van der Waals surface area (Å²) in [5.74, 6) is 0.726. The zero-order valence-corrected chi connectivity index (χ0v) is 11.8. The van der Waals surface area contributed by atoms with Crippen molar-refractivity contribution < 1.29 is 4.74 Å². The summed E-state index contributed by atoms with van der Waals surface area (Å²) in [5, 5.41) is 0. The summed E-state index contributed by atoms with van der Waals surface area (Å²) in [7, 11) is 0. The van der Waals surface area contributed by atoms with Gasteiger partial charge < -0.3 is 15.4 Å². The highest BCUT2D eigenvalue weighted by Crippen LogP contribution is 2.31. The van der Waals surface area contributed by atoms with Gasteiger partial charge in [-0.25, -0.2) is 0 Å². The fourth-order valence-corrected chi connectivity index (χ4v) is 3.26. The van der Waals surface area contributed by atoms with E-state index in [-0.39, 0.29) is 5.54 Å². The van der Waals surface area contributed by atoms with E-state index in [0.717, 1.165) is 25.7 Å². The average molecular weight is 253 g/mol. The van der Waals surface area contributed by atoms with Crippen LogP contribution in [0.1, 0.15) is 52.4 Å². The molecule has 0 amide bonds. The first-order valence-corrected chi connectivity index (χ1v) is 7.34. The highest BCUT2D eigenvalue weighted by Gasteiger charge is 2.41. The lowest BCUT2D eigenvalue weighted by Gasteiger charge is -2.41. The summed E-state index contributed by atoms with van der Waals surface area (Å²) in [6.45, 7) is 6.53. The smallest absolute Gasteiger partial charge is 0.192 e. The average Bonchev–Trinajstić information content (AvgIpc) is 2.58. The third-order valence-corrected chi connectivity index (χ3v) is 4.22. The number of hydrogen-bond donors (Lipinski definition) is 1. The Hall–Kier alpha value is -0.770. The van der Waals surface area contributed by atoms with Crippen LogP contribution in [0.3, 0.4) is 0 Å². The van der Waals surface area contributed by atoms with Crippen LogP contribution in [0.25, 0.3) is 0 Å². The van der Waals surface area contributed by atoms with Crippen molar-refractivity contribution in [2.45, 2.75) is 64.0 Å². The molecule has 1 saturated carbocycles. The molecule has 2 N–H and O–H groups in total. The topological polar surface area (TPSA) is 50.9 Å². The second-order valence-corrected chi connectivity index (χ2v) is 5.82. The molecule has 0 aromatic heterocycles. The molecular weight excluding hydrogens is 226 g/mol. The van der Waals surface area contributed by atoms with Crippen molar-refractivity contribution in [3.63, 3.8) is 0 Å². The van der Waals surface area contributed by atoms with Crippen molar-refractivity contribution in [2.24, 2.45) is 10.7 Å². The Labute approximate surface area is 111 Å². The van der Waals surface area contributed by atoms with Crippen LogP contribution in [-0.4, -0.2) is 42.2 Å². The number of nitrogens with zero attached hydrogens (tertiary/aromatic N) is 2. The first kappa shape index (κ1) is 13.7. The standard InChI is InChI=1S/C14H27N3O/c1-3-18-11-14(2)10-16-13(15)17(14)12-8-6-4-5-7-9-12/h12H,3-11H2,1-2H3,(H2,15,16). The number of aliphatic imine (C=N–C) groups is 1. The zero-order chi connectivity index (χ0) is 13.0. The molecule has 18 heavy (non-hydrogen) atoms. The van der Waals surface area contributed by atoms with E-state index < -0.39 is 0 Å². The van der Waals surface area contributed by atoms with E-state index in [9.17, 15) is 0 Å². The van der Waals surface area contributed by atoms with Gasteiger partial charge in [-0.3, -0.25) is 4.99 Å². The summed E-state index contributed by atoms with van der Waals surface area (Å²) < 4.78 is 5.65. The summed E-state index contributed by atoms with van der Waals surface area (Å²) in [6.07, 6.45) is 7.86. The summed E-state index contributed by atoms with van der Waals surface area (Å²) >= 11 is 0. The Kier molecular flexibility index (Phi) is 4.49. The number of ether oxygens (including phenoxy) is 1. The van der Waals surface area contributed by atoms with E-state index in [1.54, 1.807) is 0 Å². The molecule has 4 heteroatoms. The third-order valence-electron chi connectivity index (χ3n) is 4.22. The number of nitrogens with two attached hydrogens (primary N) is 1. The molecule has 1 aliphatic heterocycles. The highest BCUT2D eigenvalue weighted by molar-refractivity contribution is 5.81. The highest BCUT2D eigenvalue weighted by atomic mass is 16.5. The predicted molar refractivity (Wildman–Crippen MR) is 74.7 cm³/mol. The van der Waals surface area contributed by atoms with Gasteiger partial charge in [0.2, 0.25) is 0 Å². The normalized spacial score (nSPS) is 30.3. The Morgan fingerprint density at radius 3 is 2.61 bits per heavy atom. The lowest BCUT2D eigenvalue weighted by molar-refractivity contribution is 0.0335. The van der Waals surface area contributed by atoms with Crippen LogP contribution in [0.4, 0.5) is 0 Å². The summed E-state index contributed by atoms with van der Waals surface area (Å²) in [4.78, 5) is 6.82. The molecule has 1 fully saturated rings. The van der Waals surface area contributed by atoms with Gasteiger partial charge in [0.05, 0.1) is 18.7 Å². The fraction of sp³-hybridized carbons (Fsp3) is 0.929. The van der Waals surface area contributed by atoms with Crippen LogP contribution in [0.5, 0.6) is 0 Å². The molecule has 0 saturated heterocycles. The van der Waals surface area contributed by atoms with Crippen molar-refractivity contribution >= 4 is 5.96 Å². The van der Waals surface area contributed by atoms with Gasteiger partial charge in [-0.05, 0) is 26.7 Å². The minimum atomic E-state index is -0.0326. The van der Waals surface area contributed by atoms with Crippen LogP contribution >= 0.6 is 0 Å². The number of rotatable bonds is 4. The molecule has 4 nitrogen and oxygen atoms in total. The van der Waals surface area contributed by atoms with E-state index >= 15 is 0 Å². The molecule has 1 heterocycles. The maximum Gasteiger partial charge on any atom is 0.192 e. The molecule has 0 aromatic rings. The van der Waals surface area contributed by atoms with E-state index in [4.69, 9.17) is 10.5 Å². The van der Waals surface area contributed by atoms with E-state index in [1.165, 1.54) is 38.5 Å². The Bertz CT molecular complexity index is 297. The van der Waals surface area contributed by atoms with Gasteiger partial charge in [0.15, 0.2) is 5.96 Å². The molecule has 0 aromatic carbocycles. The van der Waals surface area contributed by atoms with Gasteiger partial charge in [0.25, 0.3) is 0 Å². The molecule has 0 radical (unpaired) electrons. The maximum absolute atomic E-state index is 6.13. The van der Waals surface area contributed by atoms with Crippen molar-refractivity contribution in [3.8, 4) is 0 Å². The van der Waals surface area contributed by atoms with Crippen molar-refractivity contribution in [2.75, 3.05) is 19.8 Å². The molecule has 1 unspecified atom stereocenters. The van der Waals surface area contributed by atoms with Gasteiger partial charge in [0, 0.05) is 12.6 Å². The molecule has 2 rings (SSSR count). The molecular formula is C14H27N3O. The van der Waals surface area contributed by atoms with Gasteiger partial charge in [-0.2, -0.15) is 0 Å². The molecule has 1 aliphatic carbocycles. The SMILES string of the molecule is CCOCC1(C)CN=C(N)N1C1CCCCCC1. The second kappa shape index (κ2) is 5.91. The zero-order valence-electron chi connectivity index (χ0n) is 11.8. The van der Waals surface area contributed by atoms with Crippen molar-refractivity contribution in [1.29, 1.82) is 0 Å². The molecule has 2 aliphatic rings. The number of hydrogen-bond acceptors (Lipinski definition) is 4. The molecule has 0 bridgehead atoms. The third kappa shape index (κ3) is 2.79. The lowest BCUT2D eigenvalue weighted by Crippen LogP contribution is -2.57. The van der Waals surface area contributed by atoms with Crippen LogP contribution in [-0.2, 0) is 4.74 Å². The second-order valence-electron chi connectivity index (χ2n) is 5.82. The first-order chi connectivity index (χ1) is 8.67. The summed E-state index contributed by atoms with van der Waals surface area (Å²) in [5.41, 5.74) is 6.10. The van der Waals surface area contributed by atoms with Crippen molar-refractivity contribution in [3.05, 3.63) is 0 Å². The molecule has 1 atom stereocenters. The predicted octanol–water partition coefficient (Wildman–Crippen LogP) is 2.13. The summed E-state index contributed by atoms with van der Waals surface area (Å²) in [6, 6.07) is 0.559. The largest absolute Gasteiger partial charge is 0.379 e. The number of guanidine groups is 1. The van der Waals surface area contributed by atoms with E-state index in [0.29, 0.717) is 6.04 Å². The molecule has 104 valence electrons. The van der Waals surface area contributed by atoms with Crippen LogP contribution in [0.15, 0.2) is 4.99 Å². The Morgan fingerprint density at radius 2 is 2.00 bits per heavy atom. The first-order valence-electron chi connectivity index (χ1n) is 7.34. The van der Waals surface area contributed by atoms with Gasteiger partial charge in [0.1, 0.15) is 0 Å². The molecule has 0 spiro atoms.